The van der Waals surface area contributed by atoms with E-state index in [1.165, 1.54) is 22.8 Å². The number of amides is 1. The van der Waals surface area contributed by atoms with Gasteiger partial charge in [0, 0.05) is 41.6 Å². The predicted molar refractivity (Wildman–Crippen MR) is 98.5 cm³/mol. The van der Waals surface area contributed by atoms with E-state index in [0.717, 1.165) is 10.2 Å². The Bertz CT molecular complexity index is 850. The molecule has 0 unspecified atom stereocenters. The lowest BCUT2D eigenvalue weighted by Gasteiger charge is -2.30. The molecule has 132 valence electrons. The van der Waals surface area contributed by atoms with Crippen molar-refractivity contribution in [3.63, 3.8) is 0 Å². The summed E-state index contributed by atoms with van der Waals surface area (Å²) in [5.41, 5.74) is 0.727. The van der Waals surface area contributed by atoms with E-state index in [4.69, 9.17) is 0 Å². The largest absolute Gasteiger partial charge is 0.326 e. The smallest absolute Gasteiger partial charge is 0.244 e. The molecule has 0 bridgehead atoms. The Morgan fingerprint density at radius 2 is 1.96 bits per heavy atom. The Kier molecular flexibility index (Phi) is 5.51. The lowest BCUT2D eigenvalue weighted by atomic mass is 9.97. The lowest BCUT2D eigenvalue weighted by molar-refractivity contribution is -0.120. The van der Waals surface area contributed by atoms with E-state index >= 15 is 0 Å². The number of halogens is 1. The Hall–Kier alpha value is -1.77. The number of pyridine rings is 1. The SMILES string of the molecule is O=C(Nc1cccc(Br)c1)C1CCN(S(=O)(=O)c2cccnc2)CC1. The molecule has 1 aliphatic rings. The first-order chi connectivity index (χ1) is 12.0. The molecule has 0 spiro atoms. The van der Waals surface area contributed by atoms with E-state index in [2.05, 4.69) is 26.2 Å². The van der Waals surface area contributed by atoms with Gasteiger partial charge in [-0.15, -0.1) is 0 Å². The number of hydrogen-bond donors (Lipinski definition) is 1. The van der Waals surface area contributed by atoms with Crippen molar-refractivity contribution in [1.82, 2.24) is 9.29 Å². The van der Waals surface area contributed by atoms with Gasteiger partial charge in [0.25, 0.3) is 0 Å². The molecule has 1 amide bonds. The van der Waals surface area contributed by atoms with Crippen LogP contribution in [-0.2, 0) is 14.8 Å². The van der Waals surface area contributed by atoms with E-state index in [-0.39, 0.29) is 16.7 Å². The van der Waals surface area contributed by atoms with Gasteiger partial charge < -0.3 is 5.32 Å². The van der Waals surface area contributed by atoms with Crippen LogP contribution in [0.15, 0.2) is 58.2 Å². The van der Waals surface area contributed by atoms with Crippen LogP contribution in [0.3, 0.4) is 0 Å². The van der Waals surface area contributed by atoms with Crippen LogP contribution in [0.4, 0.5) is 5.69 Å². The minimum atomic E-state index is -3.54. The quantitative estimate of drug-likeness (QED) is 0.819. The van der Waals surface area contributed by atoms with Crippen LogP contribution in [0, 0.1) is 5.92 Å². The van der Waals surface area contributed by atoms with Crippen molar-refractivity contribution in [3.05, 3.63) is 53.3 Å². The van der Waals surface area contributed by atoms with Crippen LogP contribution in [0.25, 0.3) is 0 Å². The Balaban J connectivity index is 1.61. The lowest BCUT2D eigenvalue weighted by Crippen LogP contribution is -2.41. The maximum Gasteiger partial charge on any atom is 0.244 e. The highest BCUT2D eigenvalue weighted by Crippen LogP contribution is 2.25. The molecule has 1 saturated heterocycles. The highest BCUT2D eigenvalue weighted by atomic mass is 79.9. The van der Waals surface area contributed by atoms with Crippen molar-refractivity contribution in [2.75, 3.05) is 18.4 Å². The van der Waals surface area contributed by atoms with E-state index in [0.29, 0.717) is 25.9 Å². The van der Waals surface area contributed by atoms with E-state index in [1.807, 2.05) is 24.3 Å². The van der Waals surface area contributed by atoms with Gasteiger partial charge in [-0.05, 0) is 43.2 Å². The van der Waals surface area contributed by atoms with Crippen molar-refractivity contribution in [2.24, 2.45) is 5.92 Å². The summed E-state index contributed by atoms with van der Waals surface area (Å²) in [4.78, 5) is 16.5. The molecule has 8 heteroatoms. The average molecular weight is 424 g/mol. The van der Waals surface area contributed by atoms with Gasteiger partial charge >= 0.3 is 0 Å². The summed E-state index contributed by atoms with van der Waals surface area (Å²) in [6.07, 6.45) is 3.89. The molecule has 1 fully saturated rings. The summed E-state index contributed by atoms with van der Waals surface area (Å²) in [6.45, 7) is 0.654. The molecule has 1 N–H and O–H groups in total. The zero-order valence-corrected chi connectivity index (χ0v) is 15.8. The number of carbonyl (C=O) groups excluding carboxylic acids is 1. The highest BCUT2D eigenvalue weighted by Gasteiger charge is 2.32. The molecular formula is C17H18BrN3O3S. The van der Waals surface area contributed by atoms with E-state index < -0.39 is 10.0 Å². The summed E-state index contributed by atoms with van der Waals surface area (Å²) in [5.74, 6) is -0.268. The molecule has 2 aromatic rings. The zero-order chi connectivity index (χ0) is 17.9. The van der Waals surface area contributed by atoms with Gasteiger partial charge in [-0.2, -0.15) is 4.31 Å². The van der Waals surface area contributed by atoms with E-state index in [9.17, 15) is 13.2 Å². The number of nitrogens with one attached hydrogen (secondary N) is 1. The number of benzene rings is 1. The third-order valence-electron chi connectivity index (χ3n) is 4.19. The predicted octanol–water partition coefficient (Wildman–Crippen LogP) is 2.88. The fraction of sp³-hybridized carbons (Fsp3) is 0.294. The first-order valence-corrected chi connectivity index (χ1v) is 10.2. The second-order valence-electron chi connectivity index (χ2n) is 5.87. The van der Waals surface area contributed by atoms with Crippen LogP contribution in [0.1, 0.15) is 12.8 Å². The molecule has 0 saturated carbocycles. The summed E-state index contributed by atoms with van der Waals surface area (Å²) in [5, 5.41) is 2.89. The van der Waals surface area contributed by atoms with Gasteiger partial charge in [0.2, 0.25) is 15.9 Å². The summed E-state index contributed by atoms with van der Waals surface area (Å²) < 4.78 is 27.5. The number of rotatable bonds is 4. The molecule has 1 aromatic carbocycles. The molecule has 3 rings (SSSR count). The molecule has 0 atom stereocenters. The molecule has 0 radical (unpaired) electrons. The van der Waals surface area contributed by atoms with Crippen molar-refractivity contribution in [3.8, 4) is 0 Å². The van der Waals surface area contributed by atoms with E-state index in [1.54, 1.807) is 6.07 Å². The normalized spacial score (nSPS) is 16.5. The van der Waals surface area contributed by atoms with Crippen molar-refractivity contribution < 1.29 is 13.2 Å². The third kappa shape index (κ3) is 4.26. The van der Waals surface area contributed by atoms with Gasteiger partial charge in [0.05, 0.1) is 0 Å². The van der Waals surface area contributed by atoms with Gasteiger partial charge in [0.1, 0.15) is 4.90 Å². The van der Waals surface area contributed by atoms with Crippen LogP contribution in [0.2, 0.25) is 0 Å². The van der Waals surface area contributed by atoms with Crippen molar-refractivity contribution in [2.45, 2.75) is 17.7 Å². The third-order valence-corrected chi connectivity index (χ3v) is 6.56. The fourth-order valence-corrected chi connectivity index (χ4v) is 4.65. The van der Waals surface area contributed by atoms with Gasteiger partial charge in [0.15, 0.2) is 0 Å². The van der Waals surface area contributed by atoms with Gasteiger partial charge in [-0.25, -0.2) is 8.42 Å². The standard InChI is InChI=1S/C17H18BrN3O3S/c18-14-3-1-4-15(11-14)20-17(22)13-6-9-21(10-7-13)25(23,24)16-5-2-8-19-12-16/h1-5,8,11-13H,6-7,9-10H2,(H,20,22). The summed E-state index contributed by atoms with van der Waals surface area (Å²) in [6, 6.07) is 10.5. The number of hydrogen-bond acceptors (Lipinski definition) is 4. The number of carbonyl (C=O) groups is 1. The number of piperidine rings is 1. The van der Waals surface area contributed by atoms with Crippen LogP contribution in [-0.4, -0.2) is 36.7 Å². The highest BCUT2D eigenvalue weighted by molar-refractivity contribution is 9.10. The molecule has 6 nitrogen and oxygen atoms in total. The maximum absolute atomic E-state index is 12.6. The topological polar surface area (TPSA) is 79.4 Å². The van der Waals surface area contributed by atoms with Gasteiger partial charge in [-0.3, -0.25) is 9.78 Å². The minimum absolute atomic E-state index is 0.0727. The number of aromatic nitrogens is 1. The molecule has 1 aromatic heterocycles. The first kappa shape index (κ1) is 18.0. The first-order valence-electron chi connectivity index (χ1n) is 7.93. The number of sulfonamides is 1. The van der Waals surface area contributed by atoms with Crippen molar-refractivity contribution in [1.29, 1.82) is 0 Å². The second-order valence-corrected chi connectivity index (χ2v) is 8.72. The molecule has 2 heterocycles. The van der Waals surface area contributed by atoms with Gasteiger partial charge in [-0.1, -0.05) is 22.0 Å². The van der Waals surface area contributed by atoms with Crippen LogP contribution >= 0.6 is 15.9 Å². The minimum Gasteiger partial charge on any atom is -0.326 e. The summed E-state index contributed by atoms with van der Waals surface area (Å²) >= 11 is 3.37. The monoisotopic (exact) mass is 423 g/mol. The Morgan fingerprint density at radius 3 is 2.60 bits per heavy atom. The molecule has 1 aliphatic heterocycles. The molecular weight excluding hydrogens is 406 g/mol. The second kappa shape index (κ2) is 7.63. The number of anilines is 1. The van der Waals surface area contributed by atoms with Crippen molar-refractivity contribution >= 4 is 37.5 Å². The molecule has 0 aliphatic carbocycles. The average Bonchev–Trinajstić information content (AvgIpc) is 2.62. The maximum atomic E-state index is 12.6. The Morgan fingerprint density at radius 1 is 1.20 bits per heavy atom. The van der Waals surface area contributed by atoms with Crippen LogP contribution in [0.5, 0.6) is 0 Å². The summed E-state index contributed by atoms with van der Waals surface area (Å²) in [7, 11) is -3.54. The molecule has 25 heavy (non-hydrogen) atoms. The van der Waals surface area contributed by atoms with Crippen LogP contribution < -0.4 is 5.32 Å². The number of nitrogens with zero attached hydrogens (tertiary/aromatic N) is 2. The fourth-order valence-electron chi connectivity index (χ4n) is 2.82. The Labute approximate surface area is 155 Å². The zero-order valence-electron chi connectivity index (χ0n) is 13.4.